The monoisotopic (exact) mass is 338 g/mol. The van der Waals surface area contributed by atoms with E-state index in [2.05, 4.69) is 14.7 Å². The number of nitrogens with zero attached hydrogens (tertiary/aromatic N) is 3. The third-order valence-corrected chi connectivity index (χ3v) is 4.36. The third-order valence-electron chi connectivity index (χ3n) is 3.07. The van der Waals surface area contributed by atoms with E-state index in [1.54, 1.807) is 0 Å². The molecule has 0 saturated carbocycles. The second-order valence-electron chi connectivity index (χ2n) is 5.38. The van der Waals surface area contributed by atoms with Gasteiger partial charge in [0.25, 0.3) is 0 Å². The Hall–Kier alpha value is -2.06. The third kappa shape index (κ3) is 5.26. The highest BCUT2D eigenvalue weighted by molar-refractivity contribution is 7.88. The van der Waals surface area contributed by atoms with Crippen molar-refractivity contribution < 1.29 is 12.8 Å². The minimum absolute atomic E-state index is 0.00600. The Bertz CT molecular complexity index is 777. The van der Waals surface area contributed by atoms with Gasteiger partial charge in [0, 0.05) is 25.9 Å². The Balaban J connectivity index is 2.05. The molecule has 0 aliphatic carbocycles. The van der Waals surface area contributed by atoms with Crippen molar-refractivity contribution >= 4 is 15.8 Å². The van der Waals surface area contributed by atoms with E-state index in [1.807, 2.05) is 32.0 Å². The molecule has 1 aromatic heterocycles. The molecule has 2 rings (SSSR count). The number of anilines is 1. The van der Waals surface area contributed by atoms with Crippen LogP contribution in [0.5, 0.6) is 0 Å². The smallest absolute Gasteiger partial charge is 0.216 e. The van der Waals surface area contributed by atoms with Crippen molar-refractivity contribution in [3.63, 3.8) is 0 Å². The Morgan fingerprint density at radius 3 is 2.43 bits per heavy atom. The summed E-state index contributed by atoms with van der Waals surface area (Å²) in [7, 11) is 0.145. The van der Waals surface area contributed by atoms with Gasteiger partial charge in [-0.1, -0.05) is 12.1 Å². The molecule has 0 atom stereocenters. The van der Waals surface area contributed by atoms with E-state index in [-0.39, 0.29) is 12.3 Å². The van der Waals surface area contributed by atoms with Crippen LogP contribution in [0.15, 0.2) is 30.3 Å². The topological polar surface area (TPSA) is 75.2 Å². The maximum Gasteiger partial charge on any atom is 0.216 e. The van der Waals surface area contributed by atoms with E-state index < -0.39 is 15.8 Å². The molecule has 0 unspecified atom stereocenters. The molecule has 8 heteroatoms. The van der Waals surface area contributed by atoms with Crippen LogP contribution in [0, 0.1) is 12.7 Å². The molecule has 0 spiro atoms. The van der Waals surface area contributed by atoms with Gasteiger partial charge in [-0.15, -0.1) is 0 Å². The predicted molar refractivity (Wildman–Crippen MR) is 87.0 cm³/mol. The standard InChI is InChI=1S/C15H19FN4O2S/c1-11-8-15(20(2)3)19-14(18-11)9-17-23(21,22)10-12-4-6-13(16)7-5-12/h4-8,17H,9-10H2,1-3H3. The van der Waals surface area contributed by atoms with Crippen molar-refractivity contribution in [3.8, 4) is 0 Å². The summed E-state index contributed by atoms with van der Waals surface area (Å²) in [6, 6.07) is 7.18. The number of benzene rings is 1. The summed E-state index contributed by atoms with van der Waals surface area (Å²) in [6.07, 6.45) is 0. The molecule has 1 heterocycles. The summed E-state index contributed by atoms with van der Waals surface area (Å²) in [5.41, 5.74) is 1.27. The van der Waals surface area contributed by atoms with Gasteiger partial charge in [-0.25, -0.2) is 27.5 Å². The van der Waals surface area contributed by atoms with Crippen molar-refractivity contribution in [3.05, 3.63) is 53.2 Å². The Labute approximate surface area is 135 Å². The van der Waals surface area contributed by atoms with Crippen LogP contribution < -0.4 is 9.62 Å². The first-order chi connectivity index (χ1) is 10.7. The Morgan fingerprint density at radius 2 is 1.83 bits per heavy atom. The molecular weight excluding hydrogens is 319 g/mol. The first-order valence-corrected chi connectivity index (χ1v) is 8.64. The summed E-state index contributed by atoms with van der Waals surface area (Å²) >= 11 is 0. The summed E-state index contributed by atoms with van der Waals surface area (Å²) in [4.78, 5) is 10.3. The van der Waals surface area contributed by atoms with Crippen LogP contribution in [0.3, 0.4) is 0 Å². The van der Waals surface area contributed by atoms with Gasteiger partial charge in [0.1, 0.15) is 17.5 Å². The maximum atomic E-state index is 12.8. The molecule has 0 fully saturated rings. The maximum absolute atomic E-state index is 12.8. The molecule has 124 valence electrons. The second kappa shape index (κ2) is 7.01. The normalized spacial score (nSPS) is 11.5. The molecule has 0 radical (unpaired) electrons. The van der Waals surface area contributed by atoms with Crippen molar-refractivity contribution in [1.82, 2.24) is 14.7 Å². The Morgan fingerprint density at radius 1 is 1.17 bits per heavy atom. The van der Waals surface area contributed by atoms with Gasteiger partial charge in [-0.2, -0.15) is 0 Å². The highest BCUT2D eigenvalue weighted by Gasteiger charge is 2.13. The fraction of sp³-hybridized carbons (Fsp3) is 0.333. The molecular formula is C15H19FN4O2S. The summed E-state index contributed by atoms with van der Waals surface area (Å²) < 4.78 is 39.5. The zero-order valence-corrected chi connectivity index (χ0v) is 14.1. The highest BCUT2D eigenvalue weighted by atomic mass is 32.2. The number of aromatic nitrogens is 2. The van der Waals surface area contributed by atoms with Crippen LogP contribution in [0.1, 0.15) is 17.1 Å². The van der Waals surface area contributed by atoms with Crippen LogP contribution in [0.25, 0.3) is 0 Å². The molecule has 0 aliphatic rings. The number of hydrogen-bond donors (Lipinski definition) is 1. The van der Waals surface area contributed by atoms with E-state index >= 15 is 0 Å². The summed E-state index contributed by atoms with van der Waals surface area (Å²) in [5.74, 6) is 0.490. The minimum atomic E-state index is -3.56. The second-order valence-corrected chi connectivity index (χ2v) is 7.19. The largest absolute Gasteiger partial charge is 0.363 e. The highest BCUT2D eigenvalue weighted by Crippen LogP contribution is 2.10. The zero-order valence-electron chi connectivity index (χ0n) is 13.2. The number of hydrogen-bond acceptors (Lipinski definition) is 5. The first kappa shape index (κ1) is 17.3. The zero-order chi connectivity index (χ0) is 17.0. The predicted octanol–water partition coefficient (Wildman–Crippen LogP) is 1.61. The quantitative estimate of drug-likeness (QED) is 0.866. The van der Waals surface area contributed by atoms with Crippen LogP contribution >= 0.6 is 0 Å². The lowest BCUT2D eigenvalue weighted by molar-refractivity contribution is 0.578. The van der Waals surface area contributed by atoms with Crippen molar-refractivity contribution in [2.24, 2.45) is 0 Å². The fourth-order valence-electron chi connectivity index (χ4n) is 1.95. The molecule has 0 amide bonds. The van der Waals surface area contributed by atoms with Gasteiger partial charge in [0.05, 0.1) is 12.3 Å². The van der Waals surface area contributed by atoms with E-state index in [4.69, 9.17) is 0 Å². The van der Waals surface area contributed by atoms with Crippen molar-refractivity contribution in [2.75, 3.05) is 19.0 Å². The molecule has 6 nitrogen and oxygen atoms in total. The van der Waals surface area contributed by atoms with Crippen LogP contribution in [0.2, 0.25) is 0 Å². The average Bonchev–Trinajstić information content (AvgIpc) is 2.47. The van der Waals surface area contributed by atoms with Crippen LogP contribution in [-0.4, -0.2) is 32.5 Å². The SMILES string of the molecule is Cc1cc(N(C)C)nc(CNS(=O)(=O)Cc2ccc(F)cc2)n1. The van der Waals surface area contributed by atoms with Gasteiger partial charge in [0.2, 0.25) is 10.0 Å². The molecule has 2 aromatic rings. The number of sulfonamides is 1. The molecule has 1 N–H and O–H groups in total. The molecule has 0 saturated heterocycles. The van der Waals surface area contributed by atoms with E-state index in [0.29, 0.717) is 17.2 Å². The number of halogens is 1. The summed E-state index contributed by atoms with van der Waals surface area (Å²) in [6.45, 7) is 1.83. The molecule has 1 aromatic carbocycles. The van der Waals surface area contributed by atoms with Crippen LogP contribution in [0.4, 0.5) is 10.2 Å². The van der Waals surface area contributed by atoms with Crippen molar-refractivity contribution in [1.29, 1.82) is 0 Å². The van der Waals surface area contributed by atoms with E-state index in [1.165, 1.54) is 24.3 Å². The van der Waals surface area contributed by atoms with Gasteiger partial charge in [0.15, 0.2) is 0 Å². The minimum Gasteiger partial charge on any atom is -0.363 e. The van der Waals surface area contributed by atoms with Gasteiger partial charge < -0.3 is 4.90 Å². The number of nitrogens with one attached hydrogen (secondary N) is 1. The number of rotatable bonds is 6. The van der Waals surface area contributed by atoms with Gasteiger partial charge in [-0.05, 0) is 24.6 Å². The van der Waals surface area contributed by atoms with Gasteiger partial charge in [-0.3, -0.25) is 0 Å². The molecule has 0 bridgehead atoms. The van der Waals surface area contributed by atoms with Crippen molar-refractivity contribution in [2.45, 2.75) is 19.2 Å². The number of aryl methyl sites for hydroxylation is 1. The average molecular weight is 338 g/mol. The lowest BCUT2D eigenvalue weighted by atomic mass is 10.2. The molecule has 23 heavy (non-hydrogen) atoms. The lowest BCUT2D eigenvalue weighted by Crippen LogP contribution is -2.26. The van der Waals surface area contributed by atoms with Crippen LogP contribution in [-0.2, 0) is 22.3 Å². The lowest BCUT2D eigenvalue weighted by Gasteiger charge is -2.13. The van der Waals surface area contributed by atoms with Gasteiger partial charge >= 0.3 is 0 Å². The Kier molecular flexibility index (Phi) is 5.27. The first-order valence-electron chi connectivity index (χ1n) is 6.99. The fourth-order valence-corrected chi connectivity index (χ4v) is 3.03. The van der Waals surface area contributed by atoms with E-state index in [9.17, 15) is 12.8 Å². The molecule has 0 aliphatic heterocycles. The van der Waals surface area contributed by atoms with E-state index in [0.717, 1.165) is 5.69 Å². The summed E-state index contributed by atoms with van der Waals surface area (Å²) in [5, 5.41) is 0.